The number of halogens is 4. The second-order valence-corrected chi connectivity index (χ2v) is 4.77. The lowest BCUT2D eigenvalue weighted by atomic mass is 10.2. The summed E-state index contributed by atoms with van der Waals surface area (Å²) in [6.45, 7) is 0. The number of aromatic carboxylic acids is 1. The number of fused-ring (bicyclic) bond motifs is 1. The van der Waals surface area contributed by atoms with Crippen LogP contribution in [-0.4, -0.2) is 16.1 Å². The molecule has 0 bridgehead atoms. The predicted molar refractivity (Wildman–Crippen MR) is 68.7 cm³/mol. The number of benzene rings is 1. The summed E-state index contributed by atoms with van der Waals surface area (Å²) in [6.07, 6.45) is 0. The van der Waals surface area contributed by atoms with Gasteiger partial charge in [0, 0.05) is 5.39 Å². The van der Waals surface area contributed by atoms with E-state index in [1.54, 1.807) is 0 Å². The standard InChI is InChI=1S/C10H3Cl4NO2/c11-3-2-6(10(16)17)15-9-5(13)1-4(12)8(14)7(3)9/h1-2H,(H,16,17). The van der Waals surface area contributed by atoms with Crippen molar-refractivity contribution in [3.8, 4) is 0 Å². The van der Waals surface area contributed by atoms with Crippen molar-refractivity contribution in [2.45, 2.75) is 0 Å². The number of carboxylic acids is 1. The Morgan fingerprint density at radius 1 is 1.06 bits per heavy atom. The molecule has 1 aromatic carbocycles. The van der Waals surface area contributed by atoms with Gasteiger partial charge in [0.05, 0.1) is 25.6 Å². The largest absolute Gasteiger partial charge is 0.477 e. The number of hydrogen-bond acceptors (Lipinski definition) is 2. The average Bonchev–Trinajstić information content (AvgIpc) is 2.25. The van der Waals surface area contributed by atoms with Gasteiger partial charge in [0.15, 0.2) is 0 Å². The summed E-state index contributed by atoms with van der Waals surface area (Å²) >= 11 is 23.7. The monoisotopic (exact) mass is 309 g/mol. The Morgan fingerprint density at radius 3 is 2.29 bits per heavy atom. The highest BCUT2D eigenvalue weighted by molar-refractivity contribution is 6.50. The van der Waals surface area contributed by atoms with Crippen molar-refractivity contribution in [3.05, 3.63) is 37.9 Å². The molecule has 1 heterocycles. The Bertz CT molecular complexity index is 642. The minimum atomic E-state index is -1.20. The second-order valence-electron chi connectivity index (χ2n) is 3.17. The van der Waals surface area contributed by atoms with E-state index in [0.29, 0.717) is 5.39 Å². The van der Waals surface area contributed by atoms with Crippen LogP contribution in [-0.2, 0) is 0 Å². The molecule has 0 spiro atoms. The van der Waals surface area contributed by atoms with Gasteiger partial charge in [-0.1, -0.05) is 46.4 Å². The van der Waals surface area contributed by atoms with Gasteiger partial charge in [-0.3, -0.25) is 0 Å². The van der Waals surface area contributed by atoms with E-state index < -0.39 is 5.97 Å². The predicted octanol–water partition coefficient (Wildman–Crippen LogP) is 4.55. The molecule has 0 saturated heterocycles. The van der Waals surface area contributed by atoms with E-state index in [-0.39, 0.29) is 31.3 Å². The molecule has 7 heteroatoms. The summed E-state index contributed by atoms with van der Waals surface area (Å²) in [6, 6.07) is 2.59. The van der Waals surface area contributed by atoms with E-state index in [1.165, 1.54) is 12.1 Å². The molecular formula is C10H3Cl4NO2. The molecule has 0 amide bonds. The molecule has 17 heavy (non-hydrogen) atoms. The number of carbonyl (C=O) groups is 1. The van der Waals surface area contributed by atoms with Crippen LogP contribution in [0.15, 0.2) is 12.1 Å². The lowest BCUT2D eigenvalue weighted by Gasteiger charge is -2.07. The van der Waals surface area contributed by atoms with E-state index in [4.69, 9.17) is 51.5 Å². The molecule has 0 radical (unpaired) electrons. The highest BCUT2D eigenvalue weighted by Gasteiger charge is 2.16. The Kier molecular flexibility index (Phi) is 3.36. The third-order valence-electron chi connectivity index (χ3n) is 2.10. The fraction of sp³-hybridized carbons (Fsp3) is 0. The zero-order valence-electron chi connectivity index (χ0n) is 7.97. The highest BCUT2D eigenvalue weighted by atomic mass is 35.5. The van der Waals surface area contributed by atoms with E-state index in [2.05, 4.69) is 4.98 Å². The van der Waals surface area contributed by atoms with Crippen molar-refractivity contribution in [2.75, 3.05) is 0 Å². The zero-order chi connectivity index (χ0) is 12.7. The van der Waals surface area contributed by atoms with Crippen LogP contribution >= 0.6 is 46.4 Å². The molecule has 0 aliphatic carbocycles. The van der Waals surface area contributed by atoms with E-state index in [1.807, 2.05) is 0 Å². The molecule has 1 aromatic heterocycles. The van der Waals surface area contributed by atoms with Gasteiger partial charge in [-0.05, 0) is 12.1 Å². The van der Waals surface area contributed by atoms with Crippen LogP contribution in [0.2, 0.25) is 20.1 Å². The molecule has 3 nitrogen and oxygen atoms in total. The maximum atomic E-state index is 10.8. The maximum absolute atomic E-state index is 10.8. The topological polar surface area (TPSA) is 50.2 Å². The highest BCUT2D eigenvalue weighted by Crippen LogP contribution is 2.38. The van der Waals surface area contributed by atoms with Gasteiger partial charge in [0.1, 0.15) is 5.69 Å². The van der Waals surface area contributed by atoms with Crippen molar-refractivity contribution >= 4 is 63.3 Å². The molecule has 0 aliphatic rings. The van der Waals surface area contributed by atoms with Gasteiger partial charge in [-0.15, -0.1) is 0 Å². The van der Waals surface area contributed by atoms with Crippen molar-refractivity contribution in [1.29, 1.82) is 0 Å². The first kappa shape index (κ1) is 12.7. The summed E-state index contributed by atoms with van der Waals surface area (Å²) < 4.78 is 0. The molecule has 88 valence electrons. The first-order valence-electron chi connectivity index (χ1n) is 4.29. The fourth-order valence-corrected chi connectivity index (χ4v) is 2.45. The van der Waals surface area contributed by atoms with Gasteiger partial charge >= 0.3 is 5.97 Å². The van der Waals surface area contributed by atoms with Crippen LogP contribution in [0.1, 0.15) is 10.5 Å². The van der Waals surface area contributed by atoms with Gasteiger partial charge in [0.2, 0.25) is 0 Å². The van der Waals surface area contributed by atoms with Crippen LogP contribution in [0.5, 0.6) is 0 Å². The smallest absolute Gasteiger partial charge is 0.354 e. The SMILES string of the molecule is O=C(O)c1cc(Cl)c2c(Cl)c(Cl)cc(Cl)c2n1. The minimum absolute atomic E-state index is 0.141. The van der Waals surface area contributed by atoms with Crippen LogP contribution in [0.4, 0.5) is 0 Å². The summed E-state index contributed by atoms with van der Waals surface area (Å²) in [5.41, 5.74) is 0.00811. The fourth-order valence-electron chi connectivity index (χ4n) is 1.37. The van der Waals surface area contributed by atoms with E-state index in [0.717, 1.165) is 0 Å². The Hall–Kier alpha value is -0.740. The molecule has 0 saturated carbocycles. The number of carboxylic acid groups (broad SMARTS) is 1. The molecule has 2 rings (SSSR count). The quantitative estimate of drug-likeness (QED) is 0.786. The normalized spacial score (nSPS) is 10.8. The van der Waals surface area contributed by atoms with Crippen LogP contribution in [0.25, 0.3) is 10.9 Å². The molecule has 0 atom stereocenters. The van der Waals surface area contributed by atoms with E-state index >= 15 is 0 Å². The van der Waals surface area contributed by atoms with Crippen molar-refractivity contribution in [1.82, 2.24) is 4.98 Å². The molecule has 0 aliphatic heterocycles. The lowest BCUT2D eigenvalue weighted by Crippen LogP contribution is -2.01. The van der Waals surface area contributed by atoms with Crippen LogP contribution in [0, 0.1) is 0 Å². The van der Waals surface area contributed by atoms with Crippen LogP contribution in [0.3, 0.4) is 0 Å². The summed E-state index contributed by atoms with van der Waals surface area (Å²) in [7, 11) is 0. The number of pyridine rings is 1. The first-order valence-corrected chi connectivity index (χ1v) is 5.80. The minimum Gasteiger partial charge on any atom is -0.477 e. The summed E-state index contributed by atoms with van der Waals surface area (Å²) in [4.78, 5) is 14.7. The molecule has 0 unspecified atom stereocenters. The van der Waals surface area contributed by atoms with Gasteiger partial charge in [-0.2, -0.15) is 0 Å². The summed E-state index contributed by atoms with van der Waals surface area (Å²) in [5.74, 6) is -1.20. The zero-order valence-corrected chi connectivity index (χ0v) is 11.0. The number of rotatable bonds is 1. The lowest BCUT2D eigenvalue weighted by molar-refractivity contribution is 0.0691. The van der Waals surface area contributed by atoms with Gasteiger partial charge in [0.25, 0.3) is 0 Å². The third-order valence-corrected chi connectivity index (χ3v) is 3.47. The molecule has 0 fully saturated rings. The third kappa shape index (κ3) is 2.16. The van der Waals surface area contributed by atoms with Crippen LogP contribution < -0.4 is 0 Å². The Labute approximate surface area is 116 Å². The maximum Gasteiger partial charge on any atom is 0.354 e. The van der Waals surface area contributed by atoms with Crippen molar-refractivity contribution < 1.29 is 9.90 Å². The number of hydrogen-bond donors (Lipinski definition) is 1. The average molecular weight is 311 g/mol. The van der Waals surface area contributed by atoms with Gasteiger partial charge < -0.3 is 5.11 Å². The first-order chi connectivity index (χ1) is 7.91. The Balaban J connectivity index is 2.95. The molecule has 2 aromatic rings. The summed E-state index contributed by atoms with van der Waals surface area (Å²) in [5, 5.41) is 9.97. The van der Waals surface area contributed by atoms with Crippen molar-refractivity contribution in [3.63, 3.8) is 0 Å². The number of aromatic nitrogens is 1. The van der Waals surface area contributed by atoms with E-state index in [9.17, 15) is 4.79 Å². The van der Waals surface area contributed by atoms with Gasteiger partial charge in [-0.25, -0.2) is 9.78 Å². The Morgan fingerprint density at radius 2 is 1.71 bits per heavy atom. The second kappa shape index (κ2) is 4.50. The molecule has 1 N–H and O–H groups in total. The number of nitrogens with zero attached hydrogens (tertiary/aromatic N) is 1. The molecular weight excluding hydrogens is 308 g/mol. The van der Waals surface area contributed by atoms with Crippen molar-refractivity contribution in [2.24, 2.45) is 0 Å².